The molecule has 0 aliphatic carbocycles. The second-order valence-corrected chi connectivity index (χ2v) is 3.44. The van der Waals surface area contributed by atoms with Crippen molar-refractivity contribution in [2.75, 3.05) is 19.7 Å². The number of ether oxygens (including phenoxy) is 1. The first-order valence-corrected chi connectivity index (χ1v) is 5.34. The van der Waals surface area contributed by atoms with Crippen LogP contribution in [0.5, 0.6) is 0 Å². The number of hydrogen-bond acceptors (Lipinski definition) is 5. The van der Waals surface area contributed by atoms with Crippen LogP contribution in [0.2, 0.25) is 0 Å². The van der Waals surface area contributed by atoms with E-state index in [1.807, 2.05) is 6.08 Å². The Balaban J connectivity index is 2.12. The monoisotopic (exact) mass is 222 g/mol. The van der Waals surface area contributed by atoms with Crippen LogP contribution < -0.4 is 5.32 Å². The van der Waals surface area contributed by atoms with Crippen LogP contribution in [0.1, 0.15) is 29.7 Å². The quantitative estimate of drug-likeness (QED) is 0.779. The van der Waals surface area contributed by atoms with E-state index in [-0.39, 0.29) is 5.69 Å². The third-order valence-corrected chi connectivity index (χ3v) is 2.33. The van der Waals surface area contributed by atoms with Crippen LogP contribution in [0.3, 0.4) is 0 Å². The number of nitrogens with zero attached hydrogens (tertiary/aromatic N) is 1. The minimum absolute atomic E-state index is 0.233. The first-order valence-electron chi connectivity index (χ1n) is 5.34. The first-order chi connectivity index (χ1) is 7.81. The van der Waals surface area contributed by atoms with Crippen molar-refractivity contribution in [3.63, 3.8) is 0 Å². The molecule has 2 rings (SSSR count). The van der Waals surface area contributed by atoms with Gasteiger partial charge in [0, 0.05) is 12.1 Å². The lowest BCUT2D eigenvalue weighted by Gasteiger charge is -2.10. The van der Waals surface area contributed by atoms with Crippen LogP contribution in [-0.2, 0) is 4.74 Å². The van der Waals surface area contributed by atoms with E-state index in [1.165, 1.54) is 6.26 Å². The summed E-state index contributed by atoms with van der Waals surface area (Å²) in [6.45, 7) is 3.82. The molecule has 0 saturated carbocycles. The van der Waals surface area contributed by atoms with Gasteiger partial charge in [0.05, 0.1) is 6.61 Å². The van der Waals surface area contributed by atoms with E-state index in [2.05, 4.69) is 10.3 Å². The lowest BCUT2D eigenvalue weighted by molar-refractivity contribution is 0.0519. The molecule has 0 unspecified atom stereocenters. The van der Waals surface area contributed by atoms with Gasteiger partial charge < -0.3 is 14.5 Å². The van der Waals surface area contributed by atoms with Crippen molar-refractivity contribution in [1.29, 1.82) is 0 Å². The van der Waals surface area contributed by atoms with Gasteiger partial charge in [-0.1, -0.05) is 6.08 Å². The summed E-state index contributed by atoms with van der Waals surface area (Å²) in [4.78, 5) is 15.5. The van der Waals surface area contributed by atoms with Gasteiger partial charge in [-0.15, -0.1) is 0 Å². The van der Waals surface area contributed by atoms with Crippen molar-refractivity contribution in [3.05, 3.63) is 23.9 Å². The molecular weight excluding hydrogens is 208 g/mol. The molecule has 5 heteroatoms. The maximum absolute atomic E-state index is 11.4. The van der Waals surface area contributed by atoms with Crippen LogP contribution in [0.4, 0.5) is 0 Å². The predicted molar refractivity (Wildman–Crippen MR) is 57.9 cm³/mol. The lowest BCUT2D eigenvalue weighted by Crippen LogP contribution is -2.20. The SMILES string of the molecule is CCOC(=O)c1coc(C2=CCNCC2)n1. The fourth-order valence-electron chi connectivity index (χ4n) is 1.54. The zero-order valence-electron chi connectivity index (χ0n) is 9.16. The van der Waals surface area contributed by atoms with Gasteiger partial charge in [0.15, 0.2) is 5.69 Å². The molecule has 1 aliphatic rings. The van der Waals surface area contributed by atoms with Gasteiger partial charge in [-0.2, -0.15) is 0 Å². The van der Waals surface area contributed by atoms with Crippen molar-refractivity contribution in [2.24, 2.45) is 0 Å². The van der Waals surface area contributed by atoms with E-state index in [4.69, 9.17) is 9.15 Å². The Morgan fingerprint density at radius 1 is 1.69 bits per heavy atom. The summed E-state index contributed by atoms with van der Waals surface area (Å²) in [5, 5.41) is 3.20. The molecule has 1 aromatic rings. The molecule has 0 atom stereocenters. The Bertz CT molecular complexity index is 409. The average molecular weight is 222 g/mol. The van der Waals surface area contributed by atoms with E-state index < -0.39 is 5.97 Å². The van der Waals surface area contributed by atoms with Gasteiger partial charge >= 0.3 is 5.97 Å². The molecule has 5 nitrogen and oxygen atoms in total. The molecule has 0 radical (unpaired) electrons. The highest BCUT2D eigenvalue weighted by Gasteiger charge is 2.16. The topological polar surface area (TPSA) is 64.4 Å². The second kappa shape index (κ2) is 4.94. The molecule has 16 heavy (non-hydrogen) atoms. The van der Waals surface area contributed by atoms with E-state index in [0.29, 0.717) is 12.5 Å². The van der Waals surface area contributed by atoms with Crippen LogP contribution in [0.25, 0.3) is 5.57 Å². The number of rotatable bonds is 3. The number of nitrogens with one attached hydrogen (secondary N) is 1. The van der Waals surface area contributed by atoms with E-state index in [0.717, 1.165) is 25.1 Å². The Kier molecular flexibility index (Phi) is 3.36. The molecule has 0 aromatic carbocycles. The molecule has 0 fully saturated rings. The Hall–Kier alpha value is -1.62. The number of aromatic nitrogens is 1. The van der Waals surface area contributed by atoms with Gasteiger partial charge in [0.1, 0.15) is 6.26 Å². The van der Waals surface area contributed by atoms with Crippen LogP contribution >= 0.6 is 0 Å². The Labute approximate surface area is 93.5 Å². The molecule has 1 aliphatic heterocycles. The Morgan fingerprint density at radius 2 is 2.56 bits per heavy atom. The smallest absolute Gasteiger partial charge is 0.360 e. The summed E-state index contributed by atoms with van der Waals surface area (Å²) < 4.78 is 10.1. The van der Waals surface area contributed by atoms with Crippen molar-refractivity contribution in [1.82, 2.24) is 10.3 Å². The fraction of sp³-hybridized carbons (Fsp3) is 0.455. The highest BCUT2D eigenvalue weighted by molar-refractivity contribution is 5.87. The van der Waals surface area contributed by atoms with E-state index in [9.17, 15) is 4.79 Å². The maximum Gasteiger partial charge on any atom is 0.360 e. The Morgan fingerprint density at radius 3 is 3.25 bits per heavy atom. The molecule has 1 N–H and O–H groups in total. The zero-order chi connectivity index (χ0) is 11.4. The first kappa shape index (κ1) is 10.9. The molecule has 1 aromatic heterocycles. The summed E-state index contributed by atoms with van der Waals surface area (Å²) in [5.74, 6) is 0.0802. The maximum atomic E-state index is 11.4. The lowest BCUT2D eigenvalue weighted by atomic mass is 10.1. The van der Waals surface area contributed by atoms with Crippen molar-refractivity contribution >= 4 is 11.5 Å². The molecular formula is C11H14N2O3. The van der Waals surface area contributed by atoms with Gasteiger partial charge in [0.25, 0.3) is 0 Å². The van der Waals surface area contributed by atoms with Gasteiger partial charge in [0.2, 0.25) is 5.89 Å². The number of carbonyl (C=O) groups excluding carboxylic acids is 1. The van der Waals surface area contributed by atoms with E-state index >= 15 is 0 Å². The van der Waals surface area contributed by atoms with Gasteiger partial charge in [-0.05, 0) is 19.9 Å². The summed E-state index contributed by atoms with van der Waals surface area (Å²) in [5.41, 5.74) is 1.27. The largest absolute Gasteiger partial charge is 0.461 e. The third-order valence-electron chi connectivity index (χ3n) is 2.33. The van der Waals surface area contributed by atoms with Gasteiger partial charge in [-0.25, -0.2) is 9.78 Å². The standard InChI is InChI=1S/C11H14N2O3/c1-2-15-11(14)9-7-16-10(13-9)8-3-5-12-6-4-8/h3,7,12H,2,4-6H2,1H3. The molecule has 0 bridgehead atoms. The normalized spacial score (nSPS) is 15.7. The number of hydrogen-bond donors (Lipinski definition) is 1. The highest BCUT2D eigenvalue weighted by atomic mass is 16.5. The molecule has 0 saturated heterocycles. The van der Waals surface area contributed by atoms with Crippen LogP contribution in [-0.4, -0.2) is 30.6 Å². The minimum Gasteiger partial charge on any atom is -0.461 e. The molecule has 2 heterocycles. The summed E-state index contributed by atoms with van der Waals surface area (Å²) in [7, 11) is 0. The predicted octanol–water partition coefficient (Wildman–Crippen LogP) is 1.23. The van der Waals surface area contributed by atoms with E-state index in [1.54, 1.807) is 6.92 Å². The zero-order valence-corrected chi connectivity index (χ0v) is 9.16. The van der Waals surface area contributed by atoms with Crippen LogP contribution in [0, 0.1) is 0 Å². The number of esters is 1. The second-order valence-electron chi connectivity index (χ2n) is 3.44. The average Bonchev–Trinajstić information content (AvgIpc) is 2.80. The number of oxazole rings is 1. The summed E-state index contributed by atoms with van der Waals surface area (Å²) >= 11 is 0. The minimum atomic E-state index is -0.438. The number of carbonyl (C=O) groups is 1. The van der Waals surface area contributed by atoms with Crippen molar-refractivity contribution < 1.29 is 13.9 Å². The molecule has 0 amide bonds. The fourth-order valence-corrected chi connectivity index (χ4v) is 1.54. The highest BCUT2D eigenvalue weighted by Crippen LogP contribution is 2.19. The summed E-state index contributed by atoms with van der Waals surface area (Å²) in [6.07, 6.45) is 4.23. The van der Waals surface area contributed by atoms with Crippen molar-refractivity contribution in [3.8, 4) is 0 Å². The molecule has 86 valence electrons. The summed E-state index contributed by atoms with van der Waals surface area (Å²) in [6, 6.07) is 0. The third kappa shape index (κ3) is 2.30. The van der Waals surface area contributed by atoms with Crippen molar-refractivity contribution in [2.45, 2.75) is 13.3 Å². The molecule has 0 spiro atoms. The van der Waals surface area contributed by atoms with Crippen LogP contribution in [0.15, 0.2) is 16.8 Å². The van der Waals surface area contributed by atoms with Gasteiger partial charge in [-0.3, -0.25) is 0 Å².